The maximum atomic E-state index is 11.7. The van der Waals surface area contributed by atoms with E-state index >= 15 is 0 Å². The first-order valence-electron chi connectivity index (χ1n) is 5.46. The number of carbonyl (C=O) groups excluding carboxylic acids is 1. The first-order valence-corrected chi connectivity index (χ1v) is 5.46. The monoisotopic (exact) mass is 227 g/mol. The Balaban J connectivity index is 2.44. The lowest BCUT2D eigenvalue weighted by Gasteiger charge is -2.23. The van der Waals surface area contributed by atoms with Gasteiger partial charge >= 0.3 is 0 Å². The molecule has 1 amide bonds. The number of nitrogens with one attached hydrogen (secondary N) is 1. The molecule has 1 unspecified atom stereocenters. The van der Waals surface area contributed by atoms with Gasteiger partial charge in [-0.2, -0.15) is 0 Å². The summed E-state index contributed by atoms with van der Waals surface area (Å²) in [5.41, 5.74) is 5.14. The van der Waals surface area contributed by atoms with Crippen molar-refractivity contribution in [2.24, 2.45) is 27.6 Å². The maximum absolute atomic E-state index is 11.7. The molecule has 4 N–H and O–H groups in total. The van der Waals surface area contributed by atoms with Crippen LogP contribution < -0.4 is 11.1 Å². The van der Waals surface area contributed by atoms with E-state index in [1.807, 2.05) is 13.8 Å². The van der Waals surface area contributed by atoms with Crippen molar-refractivity contribution in [3.63, 3.8) is 0 Å². The molecule has 0 aromatic rings. The van der Waals surface area contributed by atoms with E-state index in [4.69, 9.17) is 10.9 Å². The molecular formula is C11H21N3O2. The van der Waals surface area contributed by atoms with Crippen LogP contribution in [0.5, 0.6) is 0 Å². The molecule has 16 heavy (non-hydrogen) atoms. The zero-order chi connectivity index (χ0) is 12.6. The maximum Gasteiger partial charge on any atom is 0.223 e. The minimum absolute atomic E-state index is 0.0591. The Kier molecular flexibility index (Phi) is 3.17. The van der Waals surface area contributed by atoms with Gasteiger partial charge in [-0.15, -0.1) is 0 Å². The number of hydrogen-bond acceptors (Lipinski definition) is 3. The second-order valence-corrected chi connectivity index (χ2v) is 5.83. The molecule has 0 aromatic carbocycles. The smallest absolute Gasteiger partial charge is 0.223 e. The molecule has 0 aromatic heterocycles. The Bertz CT molecular complexity index is 321. The SMILES string of the molecule is CC(C)(CNC(=O)C1CC1(C)C)C(N)=NO. The highest BCUT2D eigenvalue weighted by Crippen LogP contribution is 2.51. The van der Waals surface area contributed by atoms with Crippen LogP contribution in [0.3, 0.4) is 0 Å². The average molecular weight is 227 g/mol. The molecule has 1 aliphatic rings. The molecule has 5 nitrogen and oxygen atoms in total. The molecule has 1 saturated carbocycles. The Morgan fingerprint density at radius 3 is 2.50 bits per heavy atom. The van der Waals surface area contributed by atoms with Crippen molar-refractivity contribution in [1.82, 2.24) is 5.32 Å². The van der Waals surface area contributed by atoms with Gasteiger partial charge < -0.3 is 16.3 Å². The fraction of sp³-hybridized carbons (Fsp3) is 0.818. The van der Waals surface area contributed by atoms with Crippen molar-refractivity contribution in [2.75, 3.05) is 6.54 Å². The summed E-state index contributed by atoms with van der Waals surface area (Å²) in [4.78, 5) is 11.7. The molecule has 1 aliphatic carbocycles. The fourth-order valence-corrected chi connectivity index (χ4v) is 1.57. The molecule has 1 rings (SSSR count). The van der Waals surface area contributed by atoms with Gasteiger partial charge in [-0.05, 0) is 11.8 Å². The largest absolute Gasteiger partial charge is 0.409 e. The second kappa shape index (κ2) is 3.96. The van der Waals surface area contributed by atoms with Crippen LogP contribution in [-0.4, -0.2) is 23.5 Å². The van der Waals surface area contributed by atoms with E-state index in [9.17, 15) is 4.79 Å². The van der Waals surface area contributed by atoms with Gasteiger partial charge in [-0.25, -0.2) is 0 Å². The molecule has 0 heterocycles. The molecular weight excluding hydrogens is 206 g/mol. The Labute approximate surface area is 96.1 Å². The molecule has 92 valence electrons. The van der Waals surface area contributed by atoms with E-state index < -0.39 is 5.41 Å². The zero-order valence-electron chi connectivity index (χ0n) is 10.4. The highest BCUT2D eigenvalue weighted by molar-refractivity contribution is 5.87. The summed E-state index contributed by atoms with van der Waals surface area (Å²) in [7, 11) is 0. The summed E-state index contributed by atoms with van der Waals surface area (Å²) in [6, 6.07) is 0. The Morgan fingerprint density at radius 1 is 1.62 bits per heavy atom. The number of oxime groups is 1. The number of nitrogens with two attached hydrogens (primary N) is 1. The van der Waals surface area contributed by atoms with Gasteiger partial charge in [-0.3, -0.25) is 4.79 Å². The lowest BCUT2D eigenvalue weighted by Crippen LogP contribution is -2.43. The van der Waals surface area contributed by atoms with Gasteiger partial charge in [0.15, 0.2) is 0 Å². The zero-order valence-corrected chi connectivity index (χ0v) is 10.4. The summed E-state index contributed by atoms with van der Waals surface area (Å²) in [5, 5.41) is 14.4. The van der Waals surface area contributed by atoms with Crippen molar-refractivity contribution in [3.05, 3.63) is 0 Å². The molecule has 0 bridgehead atoms. The third kappa shape index (κ3) is 2.65. The summed E-state index contributed by atoms with van der Waals surface area (Å²) in [6.45, 7) is 8.17. The number of amides is 1. The number of amidine groups is 1. The van der Waals surface area contributed by atoms with Crippen LogP contribution in [0.25, 0.3) is 0 Å². The number of carbonyl (C=O) groups is 1. The normalized spacial score (nSPS) is 24.0. The van der Waals surface area contributed by atoms with E-state index in [-0.39, 0.29) is 23.1 Å². The second-order valence-electron chi connectivity index (χ2n) is 5.83. The van der Waals surface area contributed by atoms with Crippen LogP contribution in [0.15, 0.2) is 5.16 Å². The van der Waals surface area contributed by atoms with E-state index in [0.717, 1.165) is 6.42 Å². The van der Waals surface area contributed by atoms with Crippen LogP contribution in [-0.2, 0) is 4.79 Å². The molecule has 1 atom stereocenters. The minimum Gasteiger partial charge on any atom is -0.409 e. The van der Waals surface area contributed by atoms with E-state index in [1.165, 1.54) is 0 Å². The van der Waals surface area contributed by atoms with Crippen LogP contribution in [0, 0.1) is 16.7 Å². The first kappa shape index (κ1) is 12.8. The van der Waals surface area contributed by atoms with Crippen molar-refractivity contribution < 1.29 is 10.0 Å². The van der Waals surface area contributed by atoms with E-state index in [0.29, 0.717) is 6.54 Å². The van der Waals surface area contributed by atoms with Gasteiger partial charge in [0.05, 0.1) is 0 Å². The summed E-state index contributed by atoms with van der Waals surface area (Å²) >= 11 is 0. The third-order valence-electron chi connectivity index (χ3n) is 3.34. The summed E-state index contributed by atoms with van der Waals surface area (Å²) in [6.07, 6.45) is 0.933. The van der Waals surface area contributed by atoms with Gasteiger partial charge in [-0.1, -0.05) is 32.9 Å². The number of hydrogen-bond donors (Lipinski definition) is 3. The van der Waals surface area contributed by atoms with E-state index in [1.54, 1.807) is 0 Å². The van der Waals surface area contributed by atoms with E-state index in [2.05, 4.69) is 24.3 Å². The van der Waals surface area contributed by atoms with Crippen molar-refractivity contribution >= 4 is 11.7 Å². The fourth-order valence-electron chi connectivity index (χ4n) is 1.57. The molecule has 5 heteroatoms. The van der Waals surface area contributed by atoms with Crippen LogP contribution in [0.1, 0.15) is 34.1 Å². The predicted molar refractivity (Wildman–Crippen MR) is 62.1 cm³/mol. The van der Waals surface area contributed by atoms with Crippen LogP contribution in [0.4, 0.5) is 0 Å². The van der Waals surface area contributed by atoms with Crippen LogP contribution in [0.2, 0.25) is 0 Å². The Hall–Kier alpha value is -1.26. The standard InChI is InChI=1S/C11H21N3O2/c1-10(2)5-7(10)8(15)13-6-11(3,4)9(12)14-16/h7,16H,5-6H2,1-4H3,(H2,12,14)(H,13,15). The average Bonchev–Trinajstić information content (AvgIpc) is 2.83. The number of nitrogens with zero attached hydrogens (tertiary/aromatic N) is 1. The van der Waals surface area contributed by atoms with Crippen molar-refractivity contribution in [2.45, 2.75) is 34.1 Å². The highest BCUT2D eigenvalue weighted by Gasteiger charge is 2.50. The Morgan fingerprint density at radius 2 is 2.12 bits per heavy atom. The van der Waals surface area contributed by atoms with Gasteiger partial charge in [0.2, 0.25) is 5.91 Å². The lowest BCUT2D eigenvalue weighted by molar-refractivity contribution is -0.123. The molecule has 1 fully saturated rings. The van der Waals surface area contributed by atoms with Crippen molar-refractivity contribution in [3.8, 4) is 0 Å². The molecule has 0 aliphatic heterocycles. The summed E-state index contributed by atoms with van der Waals surface area (Å²) < 4.78 is 0. The molecule has 0 spiro atoms. The topological polar surface area (TPSA) is 87.7 Å². The highest BCUT2D eigenvalue weighted by atomic mass is 16.4. The van der Waals surface area contributed by atoms with Gasteiger partial charge in [0.25, 0.3) is 0 Å². The molecule has 0 saturated heterocycles. The lowest BCUT2D eigenvalue weighted by atomic mass is 9.92. The molecule has 0 radical (unpaired) electrons. The van der Waals surface area contributed by atoms with Gasteiger partial charge in [0.1, 0.15) is 5.84 Å². The minimum atomic E-state index is -0.524. The number of rotatable bonds is 4. The predicted octanol–water partition coefficient (Wildman–Crippen LogP) is 0.921. The van der Waals surface area contributed by atoms with Crippen molar-refractivity contribution in [1.29, 1.82) is 0 Å². The quantitative estimate of drug-likeness (QED) is 0.289. The third-order valence-corrected chi connectivity index (χ3v) is 3.34. The first-order chi connectivity index (χ1) is 7.20. The van der Waals surface area contributed by atoms with Gasteiger partial charge in [0, 0.05) is 17.9 Å². The summed E-state index contributed by atoms with van der Waals surface area (Å²) in [5.74, 6) is 0.294. The van der Waals surface area contributed by atoms with Crippen LogP contribution >= 0.6 is 0 Å².